The molecule has 2 aromatic carbocycles. The van der Waals surface area contributed by atoms with Gasteiger partial charge in [-0.25, -0.2) is 0 Å². The Kier molecular flexibility index (Phi) is 6.91. The van der Waals surface area contributed by atoms with E-state index in [9.17, 15) is 54.0 Å². The summed E-state index contributed by atoms with van der Waals surface area (Å²) < 4.78 is 40.6. The number of hydrogen-bond acceptors (Lipinski definition) is 11. The Balaban J connectivity index is 0.00000187. The van der Waals surface area contributed by atoms with Crippen LogP contribution in [0.2, 0.25) is 0 Å². The van der Waals surface area contributed by atoms with E-state index in [1.807, 2.05) is 13.8 Å². The van der Waals surface area contributed by atoms with E-state index >= 15 is 0 Å². The third kappa shape index (κ3) is 4.42. The van der Waals surface area contributed by atoms with Gasteiger partial charge in [-0.15, -0.1) is 13.2 Å². The first-order valence-electron chi connectivity index (χ1n) is 9.34. The van der Waals surface area contributed by atoms with Gasteiger partial charge in [0.25, 0.3) is 0 Å². The van der Waals surface area contributed by atoms with Gasteiger partial charge in [0, 0.05) is 11.4 Å². The zero-order valence-electron chi connectivity index (χ0n) is 17.2. The predicted octanol–water partition coefficient (Wildman–Crippen LogP) is -0.508. The first-order chi connectivity index (χ1) is 15.0. The number of alkyl halides is 3. The van der Waals surface area contributed by atoms with Crippen molar-refractivity contribution >= 4 is 11.4 Å². The summed E-state index contributed by atoms with van der Waals surface area (Å²) in [5.41, 5.74) is -1.27. The molecule has 0 bridgehead atoms. The van der Waals surface area contributed by atoms with Crippen molar-refractivity contribution in [3.8, 4) is 5.75 Å². The lowest BCUT2D eigenvalue weighted by Gasteiger charge is -2.61. The van der Waals surface area contributed by atoms with Crippen molar-refractivity contribution in [3.63, 3.8) is 0 Å². The van der Waals surface area contributed by atoms with Crippen LogP contribution >= 0.6 is 0 Å². The number of piperazine rings is 1. The topological polar surface area (TPSA) is 178 Å². The molecule has 3 rings (SSSR count). The number of aliphatic hydroxyl groups is 8. The third-order valence-corrected chi connectivity index (χ3v) is 4.49. The maximum absolute atomic E-state index is 12.3. The first-order valence-corrected chi connectivity index (χ1v) is 9.34. The molecule has 1 heterocycles. The fraction of sp³-hybridized carbons (Fsp3) is 0.368. The molecule has 0 spiro atoms. The summed E-state index contributed by atoms with van der Waals surface area (Å²) in [7, 11) is 0. The number of anilines is 2. The predicted molar refractivity (Wildman–Crippen MR) is 105 cm³/mol. The Labute approximate surface area is 185 Å². The lowest BCUT2D eigenvalue weighted by molar-refractivity contribution is -0.469. The molecule has 0 saturated carbocycles. The molecule has 184 valence electrons. The van der Waals surface area contributed by atoms with Crippen LogP contribution in [0, 0.1) is 0 Å². The molecule has 8 N–H and O–H groups in total. The van der Waals surface area contributed by atoms with Gasteiger partial charge in [0.05, 0.1) is 0 Å². The Bertz CT molecular complexity index is 908. The number of hydrogen-bond donors (Lipinski definition) is 8. The molecule has 0 unspecified atom stereocenters. The Morgan fingerprint density at radius 1 is 0.606 bits per heavy atom. The molecule has 0 amide bonds. The zero-order chi connectivity index (χ0) is 25.5. The second kappa shape index (κ2) is 8.58. The smallest absolute Gasteiger partial charge is 0.406 e. The SMILES string of the molecule is CC.OC1(O)N(c2ccccc2)C(O)(O)C(O)(O)N(c2ccc(OC(F)(F)F)cc2)C1(O)O. The molecule has 1 aliphatic heterocycles. The third-order valence-electron chi connectivity index (χ3n) is 4.49. The molecule has 33 heavy (non-hydrogen) atoms. The quantitative estimate of drug-likeness (QED) is 0.266. The molecule has 0 aromatic heterocycles. The number of halogens is 3. The van der Waals surface area contributed by atoms with E-state index in [4.69, 9.17) is 0 Å². The Morgan fingerprint density at radius 2 is 0.939 bits per heavy atom. The average molecular weight is 480 g/mol. The van der Waals surface area contributed by atoms with Crippen LogP contribution in [-0.2, 0) is 0 Å². The molecule has 0 radical (unpaired) electrons. The second-order valence-electron chi connectivity index (χ2n) is 6.59. The number of ether oxygens (including phenoxy) is 1. The molecule has 1 fully saturated rings. The fourth-order valence-electron chi connectivity index (χ4n) is 3.13. The Hall–Kier alpha value is -2.69. The standard InChI is InChI=1S/C17H17F3N2O9.C2H6/c18-17(19,20)31-12-8-6-11(7-9-12)22-15(27,28)13(23,24)21(10-4-2-1-3-5-10)14(25,26)16(22,29)30;1-2/h1-9,23-30H;1-2H3. The van der Waals surface area contributed by atoms with Gasteiger partial charge < -0.3 is 45.6 Å². The highest BCUT2D eigenvalue weighted by atomic mass is 19.4. The van der Waals surface area contributed by atoms with Gasteiger partial charge in [-0.1, -0.05) is 32.0 Å². The van der Waals surface area contributed by atoms with E-state index in [2.05, 4.69) is 4.74 Å². The van der Waals surface area contributed by atoms with Crippen LogP contribution in [0.3, 0.4) is 0 Å². The summed E-state index contributed by atoms with van der Waals surface area (Å²) in [5, 5.41) is 83.6. The van der Waals surface area contributed by atoms with E-state index in [-0.39, 0.29) is 4.90 Å². The van der Waals surface area contributed by atoms with Gasteiger partial charge in [-0.2, -0.15) is 0 Å². The molecule has 11 nitrogen and oxygen atoms in total. The van der Waals surface area contributed by atoms with Crippen LogP contribution in [-0.4, -0.2) is 70.9 Å². The summed E-state index contributed by atoms with van der Waals surface area (Å²) in [6, 6.07) is 8.59. The van der Waals surface area contributed by atoms with Crippen molar-refractivity contribution in [2.75, 3.05) is 9.80 Å². The van der Waals surface area contributed by atoms with Gasteiger partial charge in [-0.3, -0.25) is 9.80 Å². The lowest BCUT2D eigenvalue weighted by atomic mass is 10.0. The van der Waals surface area contributed by atoms with Crippen LogP contribution in [0.5, 0.6) is 5.75 Å². The number of benzene rings is 2. The Morgan fingerprint density at radius 3 is 1.27 bits per heavy atom. The van der Waals surface area contributed by atoms with E-state index in [1.54, 1.807) is 0 Å². The number of para-hydroxylation sites is 1. The van der Waals surface area contributed by atoms with Crippen molar-refractivity contribution in [1.29, 1.82) is 0 Å². The zero-order valence-corrected chi connectivity index (χ0v) is 17.2. The van der Waals surface area contributed by atoms with Crippen molar-refractivity contribution < 1.29 is 58.8 Å². The summed E-state index contributed by atoms with van der Waals surface area (Å²) in [4.78, 5) is -0.728. The molecular weight excluding hydrogens is 457 g/mol. The monoisotopic (exact) mass is 480 g/mol. The largest absolute Gasteiger partial charge is 0.573 e. The van der Waals surface area contributed by atoms with Crippen LogP contribution in [0.1, 0.15) is 13.8 Å². The van der Waals surface area contributed by atoms with Crippen molar-refractivity contribution in [2.24, 2.45) is 0 Å². The van der Waals surface area contributed by atoms with E-state index in [1.165, 1.54) is 18.2 Å². The van der Waals surface area contributed by atoms with Gasteiger partial charge in [-0.05, 0) is 36.4 Å². The summed E-state index contributed by atoms with van der Waals surface area (Å²) in [6.45, 7) is 4.00. The molecule has 2 aromatic rings. The molecule has 14 heteroatoms. The van der Waals surface area contributed by atoms with E-state index in [0.29, 0.717) is 24.3 Å². The normalized spacial score (nSPS) is 20.5. The second-order valence-corrected chi connectivity index (χ2v) is 6.59. The lowest BCUT2D eigenvalue weighted by Crippen LogP contribution is -2.91. The van der Waals surface area contributed by atoms with Crippen LogP contribution < -0.4 is 14.5 Å². The molecule has 0 aliphatic carbocycles. The van der Waals surface area contributed by atoms with Crippen molar-refractivity contribution in [1.82, 2.24) is 0 Å². The minimum atomic E-state index is -5.06. The number of rotatable bonds is 3. The fourth-order valence-corrected chi connectivity index (χ4v) is 3.13. The minimum Gasteiger partial charge on any atom is -0.406 e. The molecule has 1 saturated heterocycles. The maximum atomic E-state index is 12.3. The van der Waals surface area contributed by atoms with Gasteiger partial charge in [0.2, 0.25) is 0 Å². The summed E-state index contributed by atoms with van der Waals surface area (Å²) in [5.74, 6) is -17.0. The van der Waals surface area contributed by atoms with E-state index in [0.717, 1.165) is 12.1 Å². The van der Waals surface area contributed by atoms with E-state index < -0.39 is 52.0 Å². The highest BCUT2D eigenvalue weighted by Crippen LogP contribution is 2.48. The average Bonchev–Trinajstić information content (AvgIpc) is 2.69. The highest BCUT2D eigenvalue weighted by Gasteiger charge is 2.77. The van der Waals surface area contributed by atoms with Crippen molar-refractivity contribution in [3.05, 3.63) is 54.6 Å². The van der Waals surface area contributed by atoms with Crippen molar-refractivity contribution in [2.45, 2.75) is 43.9 Å². The molecular formula is C19H23F3N2O9. The first kappa shape index (κ1) is 26.6. The van der Waals surface area contributed by atoms with Gasteiger partial charge in [0.15, 0.2) is 0 Å². The van der Waals surface area contributed by atoms with Gasteiger partial charge >= 0.3 is 30.0 Å². The minimum absolute atomic E-state index is 0.294. The van der Waals surface area contributed by atoms with Crippen LogP contribution in [0.25, 0.3) is 0 Å². The summed E-state index contributed by atoms with van der Waals surface area (Å²) in [6.07, 6.45) is -5.06. The van der Waals surface area contributed by atoms with Crippen LogP contribution in [0.15, 0.2) is 54.6 Å². The highest BCUT2D eigenvalue weighted by molar-refractivity contribution is 5.59. The molecule has 0 atom stereocenters. The summed E-state index contributed by atoms with van der Waals surface area (Å²) >= 11 is 0. The molecule has 1 aliphatic rings. The maximum Gasteiger partial charge on any atom is 0.573 e. The van der Waals surface area contributed by atoms with Crippen LogP contribution in [0.4, 0.5) is 24.5 Å². The number of nitrogens with zero attached hydrogens (tertiary/aromatic N) is 2. The van der Waals surface area contributed by atoms with Gasteiger partial charge in [0.1, 0.15) is 5.75 Å².